The van der Waals surface area contributed by atoms with Crippen molar-refractivity contribution in [1.29, 1.82) is 0 Å². The predicted octanol–water partition coefficient (Wildman–Crippen LogP) is 5.98. The zero-order chi connectivity index (χ0) is 36.9. The Morgan fingerprint density at radius 2 is 0.833 bits per heavy atom. The Balaban J connectivity index is 0. The van der Waals surface area contributed by atoms with Crippen LogP contribution < -0.4 is 62.9 Å². The van der Waals surface area contributed by atoms with Crippen molar-refractivity contribution in [2.75, 3.05) is 11.5 Å². The van der Waals surface area contributed by atoms with Crippen molar-refractivity contribution in [3.8, 4) is 0 Å². The zero-order valence-corrected chi connectivity index (χ0v) is 28.3. The molecule has 2 atom stereocenters. The summed E-state index contributed by atoms with van der Waals surface area (Å²) in [5, 5.41) is 9.48. The first-order valence-corrected chi connectivity index (χ1v) is 12.4. The molecule has 0 aliphatic heterocycles. The van der Waals surface area contributed by atoms with E-state index < -0.39 is 58.9 Å². The van der Waals surface area contributed by atoms with Crippen molar-refractivity contribution in [2.24, 2.45) is 0 Å². The number of nitrogens with two attached hydrogens (primary N) is 2. The number of halogens is 17. The second-order valence-corrected chi connectivity index (χ2v) is 9.95. The van der Waals surface area contributed by atoms with Gasteiger partial charge in [0.25, 0.3) is 5.60 Å². The molecule has 2 aromatic rings. The van der Waals surface area contributed by atoms with E-state index in [9.17, 15) is 79.7 Å². The fourth-order valence-electron chi connectivity index (χ4n) is 4.18. The fraction of sp³-hybridized carbons (Fsp3) is 0.538. The second kappa shape index (κ2) is 15.3. The molecule has 2 aromatic carbocycles. The minimum absolute atomic E-state index is 0. The van der Waals surface area contributed by atoms with Gasteiger partial charge in [0.1, 0.15) is 0 Å². The molecule has 0 bridgehead atoms. The third kappa shape index (κ3) is 8.30. The Kier molecular flexibility index (Phi) is 15.5. The summed E-state index contributed by atoms with van der Waals surface area (Å²) >= 11 is 0. The molecular formula is C26H26F17KN2O2. The van der Waals surface area contributed by atoms with Crippen LogP contribution >= 0.6 is 0 Å². The monoisotopic (exact) mass is 760 g/mol. The van der Waals surface area contributed by atoms with Gasteiger partial charge in [-0.25, -0.2) is 4.39 Å². The average Bonchev–Trinajstić information content (AvgIpc) is 2.88. The maximum atomic E-state index is 14.3. The van der Waals surface area contributed by atoms with E-state index >= 15 is 0 Å². The number of benzene rings is 2. The normalized spacial score (nSPS) is 15.6. The molecule has 0 radical (unpaired) electrons. The van der Waals surface area contributed by atoms with Crippen LogP contribution in [-0.4, -0.2) is 47.1 Å². The minimum Gasteiger partial charge on any atom is -0.870 e. The number of anilines is 2. The molecule has 6 N–H and O–H groups in total. The average molecular weight is 761 g/mol. The van der Waals surface area contributed by atoms with Crippen molar-refractivity contribution < 1.29 is 137 Å². The van der Waals surface area contributed by atoms with Crippen LogP contribution in [0.5, 0.6) is 0 Å². The van der Waals surface area contributed by atoms with Crippen LogP contribution in [0.1, 0.15) is 47.2 Å². The topological polar surface area (TPSA) is 102 Å². The van der Waals surface area contributed by atoms with E-state index in [1.54, 1.807) is 0 Å². The largest absolute Gasteiger partial charge is 1.00 e. The van der Waals surface area contributed by atoms with Crippen LogP contribution in [0, 0.1) is 13.8 Å². The number of hydrogen-bond donors (Lipinski definition) is 3. The van der Waals surface area contributed by atoms with Crippen molar-refractivity contribution in [2.45, 2.75) is 88.4 Å². The summed E-state index contributed by atoms with van der Waals surface area (Å²) < 4.78 is 220. The number of aliphatic hydroxyl groups is 1. The maximum Gasteiger partial charge on any atom is 1.00 e. The molecule has 0 spiro atoms. The van der Waals surface area contributed by atoms with E-state index in [1.807, 2.05) is 0 Å². The first-order valence-electron chi connectivity index (χ1n) is 12.4. The third-order valence-electron chi connectivity index (χ3n) is 6.92. The van der Waals surface area contributed by atoms with Crippen LogP contribution in [0.15, 0.2) is 24.3 Å². The van der Waals surface area contributed by atoms with Crippen molar-refractivity contribution in [1.82, 2.24) is 0 Å². The smallest absolute Gasteiger partial charge is 0.870 e. The standard InChI is InChI=1S/C13H12F9N.C13H13F8NO.K.H2O/c1-3-7-5-8(4-6(2)9(7)23)10(14,12(17,18)19)11(15,16)13(20,21)22;1-3-7-5-8(4-6(2)9(7)22)10(23,12(16,17)18)11(14,15)13(19,20)21;;/h4-5H,3,23H2,1-2H3;4-5,23H,3,22H2,1-2H3;;1H2/q;;+1;/p-1. The molecule has 48 heavy (non-hydrogen) atoms. The van der Waals surface area contributed by atoms with Crippen LogP contribution in [0.4, 0.5) is 86.0 Å². The summed E-state index contributed by atoms with van der Waals surface area (Å²) in [6.07, 6.45) is -26.2. The van der Waals surface area contributed by atoms with Crippen LogP contribution in [-0.2, 0) is 24.1 Å². The first-order chi connectivity index (χ1) is 20.2. The molecule has 0 aliphatic rings. The zero-order valence-electron chi connectivity index (χ0n) is 25.2. The molecule has 0 amide bonds. The van der Waals surface area contributed by atoms with Gasteiger partial charge in [0.2, 0.25) is 0 Å². The summed E-state index contributed by atoms with van der Waals surface area (Å²) in [6, 6.07) is 1.33. The van der Waals surface area contributed by atoms with Gasteiger partial charge in [0.15, 0.2) is 0 Å². The van der Waals surface area contributed by atoms with Gasteiger partial charge in [-0.2, -0.15) is 70.2 Å². The summed E-state index contributed by atoms with van der Waals surface area (Å²) in [5.74, 6) is -13.1. The number of nitrogen functional groups attached to an aromatic ring is 2. The Morgan fingerprint density at radius 3 is 1.10 bits per heavy atom. The quantitative estimate of drug-likeness (QED) is 0.192. The first kappa shape index (κ1) is 48.5. The van der Waals surface area contributed by atoms with E-state index in [0.717, 1.165) is 13.8 Å². The van der Waals surface area contributed by atoms with E-state index in [2.05, 4.69) is 0 Å². The molecule has 0 saturated heterocycles. The number of rotatable bonds is 6. The molecule has 0 aromatic heterocycles. The van der Waals surface area contributed by atoms with E-state index in [1.165, 1.54) is 13.8 Å². The maximum absolute atomic E-state index is 14.3. The second-order valence-electron chi connectivity index (χ2n) is 9.95. The molecule has 2 unspecified atom stereocenters. The van der Waals surface area contributed by atoms with Gasteiger partial charge in [-0.1, -0.05) is 32.0 Å². The van der Waals surface area contributed by atoms with E-state index in [4.69, 9.17) is 11.5 Å². The van der Waals surface area contributed by atoms with Crippen molar-refractivity contribution >= 4 is 11.4 Å². The van der Waals surface area contributed by atoms with Gasteiger partial charge in [0, 0.05) is 22.5 Å². The van der Waals surface area contributed by atoms with Gasteiger partial charge in [-0.3, -0.25) is 0 Å². The van der Waals surface area contributed by atoms with E-state index in [-0.39, 0.29) is 115 Å². The van der Waals surface area contributed by atoms with E-state index in [0.29, 0.717) is 12.1 Å². The summed E-state index contributed by atoms with van der Waals surface area (Å²) in [5.41, 5.74) is -4.56. The van der Waals surface area contributed by atoms with Gasteiger partial charge in [0.05, 0.1) is 0 Å². The predicted molar refractivity (Wildman–Crippen MR) is 133 cm³/mol. The Bertz CT molecular complexity index is 1300. The molecule has 272 valence electrons. The molecule has 0 saturated carbocycles. The van der Waals surface area contributed by atoms with Crippen molar-refractivity contribution in [3.63, 3.8) is 0 Å². The SMILES string of the molecule is CCc1cc(C(F)(C(F)(F)F)C(F)(F)C(F)(F)F)cc(C)c1N.CCc1cc(C(O)(C(F)(F)F)C(F)(F)C(F)(F)F)cc(C)c1N.[K+].[OH-]. The summed E-state index contributed by atoms with van der Waals surface area (Å²) in [7, 11) is 0. The van der Waals surface area contributed by atoms with Gasteiger partial charge < -0.3 is 22.1 Å². The Morgan fingerprint density at radius 1 is 0.521 bits per heavy atom. The minimum atomic E-state index is -6.74. The Labute approximate surface area is 303 Å². The Hall–Kier alpha value is -1.59. The number of alkyl halides is 17. The molecular weight excluding hydrogens is 734 g/mol. The van der Waals surface area contributed by atoms with Gasteiger partial charge in [-0.15, -0.1) is 0 Å². The van der Waals surface area contributed by atoms with Crippen LogP contribution in [0.3, 0.4) is 0 Å². The fourth-order valence-corrected chi connectivity index (χ4v) is 4.18. The van der Waals surface area contributed by atoms with Crippen molar-refractivity contribution in [3.05, 3.63) is 57.6 Å². The molecule has 22 heteroatoms. The summed E-state index contributed by atoms with van der Waals surface area (Å²) in [4.78, 5) is 0. The van der Waals surface area contributed by atoms with Crippen LogP contribution in [0.25, 0.3) is 0 Å². The molecule has 2 rings (SSSR count). The summed E-state index contributed by atoms with van der Waals surface area (Å²) in [6.45, 7) is 5.02. The third-order valence-corrected chi connectivity index (χ3v) is 6.92. The van der Waals surface area contributed by atoms with Crippen LogP contribution in [0.2, 0.25) is 0 Å². The molecule has 0 aliphatic carbocycles. The molecule has 0 fully saturated rings. The number of hydrogen-bond acceptors (Lipinski definition) is 4. The number of aryl methyl sites for hydroxylation is 4. The van der Waals surface area contributed by atoms with Gasteiger partial charge >= 0.3 is 93.6 Å². The molecule has 0 heterocycles. The van der Waals surface area contributed by atoms with Gasteiger partial charge in [-0.05, 0) is 55.0 Å². The molecule has 4 nitrogen and oxygen atoms in total.